The van der Waals surface area contributed by atoms with E-state index in [0.29, 0.717) is 42.7 Å². The molecular weight excluding hydrogens is 1550 g/mol. The predicted octanol–water partition coefficient (Wildman–Crippen LogP) is 2.49. The van der Waals surface area contributed by atoms with Crippen LogP contribution in [0.1, 0.15) is 140 Å². The van der Waals surface area contributed by atoms with E-state index in [0.717, 1.165) is 85.3 Å². The van der Waals surface area contributed by atoms with Gasteiger partial charge < -0.3 is 38.1 Å². The van der Waals surface area contributed by atoms with Gasteiger partial charge in [-0.25, -0.2) is 23.6 Å². The number of fused-ring (bicyclic) bond motifs is 6. The molecule has 33 nitrogen and oxygen atoms in total. The van der Waals surface area contributed by atoms with E-state index < -0.39 is 127 Å². The van der Waals surface area contributed by atoms with E-state index in [9.17, 15) is 58.1 Å². The van der Waals surface area contributed by atoms with Crippen LogP contribution in [0.25, 0.3) is 42.4 Å². The number of benzene rings is 2. The molecule has 0 spiro atoms. The minimum atomic E-state index is -4.58. The fourth-order valence-corrected chi connectivity index (χ4v) is 14.4. The van der Waals surface area contributed by atoms with E-state index in [1.54, 1.807) is 26.0 Å². The molecule has 8 rings (SSSR count). The van der Waals surface area contributed by atoms with Crippen LogP contribution in [-0.4, -0.2) is 183 Å². The average molecular weight is 1620 g/mol. The van der Waals surface area contributed by atoms with Gasteiger partial charge in [0.2, 0.25) is 5.69 Å². The maximum atomic E-state index is 13.6. The summed E-state index contributed by atoms with van der Waals surface area (Å²) in [5, 5.41) is 22.6. The van der Waals surface area contributed by atoms with Crippen LogP contribution in [0.3, 0.4) is 0 Å². The summed E-state index contributed by atoms with van der Waals surface area (Å²) in [7, 11) is -22.8. The van der Waals surface area contributed by atoms with Gasteiger partial charge in [0.05, 0.1) is 38.1 Å². The quantitative estimate of drug-likeness (QED) is 0.0149. The van der Waals surface area contributed by atoms with Gasteiger partial charge in [-0.05, 0) is 116 Å². The van der Waals surface area contributed by atoms with E-state index in [1.165, 1.54) is 34.8 Å². The zero-order valence-electron chi connectivity index (χ0n) is 57.6. The Morgan fingerprint density at radius 1 is 0.644 bits per heavy atom. The number of hydrogen-bond acceptors (Lipinski definition) is 28. The van der Waals surface area contributed by atoms with Crippen LogP contribution >= 0.6 is 22.7 Å². The zero-order chi connectivity index (χ0) is 77.3. The molecule has 0 bridgehead atoms. The maximum Gasteiger partial charge on any atom is 1.00 e. The topological polar surface area (TPSA) is 526 Å². The first-order chi connectivity index (χ1) is 47.7. The molecule has 4 aromatic heterocycles. The van der Waals surface area contributed by atoms with E-state index >= 15 is 0 Å². The molecular formula is C62H74KN9O24S8. The minimum absolute atomic E-state index is 0. The van der Waals surface area contributed by atoms with Gasteiger partial charge in [0.1, 0.15) is 29.3 Å². The Kier molecular flexibility index (Phi) is 39.4. The van der Waals surface area contributed by atoms with Crippen LogP contribution in [0, 0.1) is 19.3 Å². The van der Waals surface area contributed by atoms with Crippen LogP contribution in [0.2, 0.25) is 0 Å². The molecule has 1 unspecified atom stereocenters. The number of rotatable bonds is 26. The minimum Gasteiger partial charge on any atom is -0.748 e. The number of thiophene rings is 2. The predicted molar refractivity (Wildman–Crippen MR) is 379 cm³/mol. The Balaban J connectivity index is 0.00000258. The molecule has 0 fully saturated rings. The number of unbranched alkanes of at least 4 members (excludes halogenated alkanes) is 2. The summed E-state index contributed by atoms with van der Waals surface area (Å²) in [6.07, 6.45) is 10.6. The van der Waals surface area contributed by atoms with Crippen LogP contribution in [0.15, 0.2) is 83.2 Å². The molecule has 42 heteroatoms. The number of amides is 4. The molecule has 0 radical (unpaired) electrons. The molecule has 0 saturated carbocycles. The SMILES string of the molecule is C#N.CCCCCN1/C(=C/C=C/C2=[N+](CCCS(=O)(=O)[O-])c3c(cc(-c4cc(C(=O)NCC)nc(C(=O)NCC)c4)c4sccc34)C2(C)CCC)C(C)(C)c2cc(-c3cc(C(=O)NCCS(=O)(=O)O)nc(C(=O)NCCS(=O)(=O)O)c3)c3sccc3c21.O=C=O.O=S(=O)=O.O=S(=O)=O.O=S(=O)=O.[CH3-].[K+]. The van der Waals surface area contributed by atoms with Crippen LogP contribution in [0.5, 0.6) is 0 Å². The number of anilines is 1. The standard InChI is InChI=1S/C59H70N8O13S5.CHN.CO2.CH3.K.3O3S/c1-8-12-13-23-66-48(58(5,6)42-34-40(52-38(50(42)66)18-25-81-52)36-32-46(56(70)62-21-28-84(75,76)77)65-47(33-36)57(71)63-22-29-85(78,79)80)16-14-17-49-59(7,20-9-2)43-35-41(37-30-44(54(68)60-10-3)64-45(31-37)55(69)61-11-4)53-39(19-26-82-53)51(43)67(49)24-15-27-83(72,73)74;1-2;2-1-3;;;3*1-4(2)3/h14,16-19,25-26,30-35H,8-13,15,20-24,27-29H2,1-7H3,(H6-,60,61,62,63,68,69,70,71,72,73,74,75,76,77,78,79,80);1H;;1H3;;;;/q;;;-1;+1;;;. The fraction of sp³-hybridized carbons (Fsp3) is 0.387. The van der Waals surface area contributed by atoms with Crippen molar-refractivity contribution in [2.45, 2.75) is 97.8 Å². The molecule has 104 heavy (non-hydrogen) atoms. The van der Waals surface area contributed by atoms with Crippen molar-refractivity contribution in [1.29, 1.82) is 5.26 Å². The van der Waals surface area contributed by atoms with Crippen molar-refractivity contribution in [1.82, 2.24) is 31.2 Å². The van der Waals surface area contributed by atoms with Gasteiger partial charge in [-0.2, -0.15) is 31.0 Å². The van der Waals surface area contributed by atoms with Gasteiger partial charge in [-0.1, -0.05) is 53.0 Å². The molecule has 4 amide bonds. The van der Waals surface area contributed by atoms with Crippen molar-refractivity contribution < 1.29 is 162 Å². The Morgan fingerprint density at radius 3 is 1.44 bits per heavy atom. The van der Waals surface area contributed by atoms with Crippen molar-refractivity contribution in [3.8, 4) is 28.8 Å². The second kappa shape index (κ2) is 43.3. The monoisotopic (exact) mass is 1620 g/mol. The molecule has 560 valence electrons. The van der Waals surface area contributed by atoms with Gasteiger partial charge in [-0.3, -0.25) is 28.3 Å². The summed E-state index contributed by atoms with van der Waals surface area (Å²) in [5.74, 6) is -4.70. The summed E-state index contributed by atoms with van der Waals surface area (Å²) in [4.78, 5) is 81.4. The molecule has 2 aromatic carbocycles. The van der Waals surface area contributed by atoms with Crippen LogP contribution < -0.4 is 77.6 Å². The number of nitrogens with zero attached hydrogens (tertiary/aromatic N) is 5. The number of nitriles is 1. The van der Waals surface area contributed by atoms with Crippen molar-refractivity contribution in [3.05, 3.63) is 125 Å². The van der Waals surface area contributed by atoms with Gasteiger partial charge in [0.15, 0.2) is 5.71 Å². The first kappa shape index (κ1) is 94.6. The number of pyridine rings is 2. The first-order valence-electron chi connectivity index (χ1n) is 30.2. The number of allylic oxidation sites excluding steroid dienone is 4. The Bertz CT molecular complexity index is 4830. The Labute approximate surface area is 656 Å². The number of carbonyl (C=O) groups is 4. The molecule has 6 N–H and O–H groups in total. The van der Waals surface area contributed by atoms with Gasteiger partial charge in [-0.15, -0.1) is 60.6 Å². The van der Waals surface area contributed by atoms with Gasteiger partial charge in [0.25, 0.3) is 43.9 Å². The van der Waals surface area contributed by atoms with Gasteiger partial charge in [0, 0.05) is 100 Å². The van der Waals surface area contributed by atoms with Crippen molar-refractivity contribution in [2.24, 2.45) is 0 Å². The van der Waals surface area contributed by atoms with E-state index in [4.69, 9.17) is 52.7 Å². The molecule has 0 saturated heterocycles. The number of carbonyl (C=O) groups excluding carboxylic acids is 6. The molecule has 1 atom stereocenters. The second-order valence-electron chi connectivity index (χ2n) is 22.3. The van der Waals surface area contributed by atoms with Crippen molar-refractivity contribution in [3.63, 3.8) is 0 Å². The average Bonchev–Trinajstić information content (AvgIpc) is 1.56. The molecule has 6 aromatic rings. The van der Waals surface area contributed by atoms with E-state index in [-0.39, 0.29) is 101 Å². The number of hydrogen-bond donors (Lipinski definition) is 6. The van der Waals surface area contributed by atoms with Crippen molar-refractivity contribution >= 4 is 152 Å². The van der Waals surface area contributed by atoms with E-state index in [2.05, 4.69) is 100 Å². The van der Waals surface area contributed by atoms with Crippen LogP contribution in [-0.2, 0) is 82.6 Å². The second-order valence-corrected chi connectivity index (χ2v) is 30.1. The molecule has 2 aliphatic heterocycles. The molecule has 0 aliphatic carbocycles. The van der Waals surface area contributed by atoms with E-state index in [1.807, 2.05) is 35.0 Å². The third-order valence-corrected chi connectivity index (χ3v) is 19.3. The summed E-state index contributed by atoms with van der Waals surface area (Å²) >= 11 is 2.93. The third-order valence-electron chi connectivity index (χ3n) is 15.2. The molecule has 2 aliphatic rings. The normalized spacial score (nSPS) is 14.2. The molecule has 6 heterocycles. The van der Waals surface area contributed by atoms with Crippen LogP contribution in [0.4, 0.5) is 11.4 Å². The number of aromatic nitrogens is 2. The largest absolute Gasteiger partial charge is 1.00 e. The first-order valence-corrected chi connectivity index (χ1v) is 39.8. The number of nitrogens with one attached hydrogen (secondary N) is 4. The summed E-state index contributed by atoms with van der Waals surface area (Å²) in [6.45, 7) is 18.3. The summed E-state index contributed by atoms with van der Waals surface area (Å²) in [5.41, 5.74) is 6.17. The van der Waals surface area contributed by atoms with Gasteiger partial charge >= 0.3 is 89.4 Å². The summed E-state index contributed by atoms with van der Waals surface area (Å²) in [6, 6.07) is 14.5. The zero-order valence-corrected chi connectivity index (χ0v) is 67.2. The Morgan fingerprint density at radius 2 is 1.05 bits per heavy atom. The Hall–Kier alpha value is -7.41. The summed E-state index contributed by atoms with van der Waals surface area (Å²) < 4.78 is 181. The van der Waals surface area contributed by atoms with Crippen molar-refractivity contribution in [2.75, 3.05) is 61.4 Å². The third kappa shape index (κ3) is 27.2. The fourth-order valence-electron chi connectivity index (χ4n) is 11.4. The smallest absolute Gasteiger partial charge is 0.748 e. The maximum absolute atomic E-state index is 13.6.